The molecular weight excluding hydrogens is 284 g/mol. The zero-order valence-corrected chi connectivity index (χ0v) is 15.9. The van der Waals surface area contributed by atoms with Crippen LogP contribution in [0.25, 0.3) is 0 Å². The van der Waals surface area contributed by atoms with Crippen LogP contribution in [0.3, 0.4) is 0 Å². The molecule has 0 aromatic heterocycles. The first-order chi connectivity index (χ1) is 8.22. The predicted octanol–water partition coefficient (Wildman–Crippen LogP) is 3.93. The van der Waals surface area contributed by atoms with E-state index >= 15 is 0 Å². The summed E-state index contributed by atoms with van der Waals surface area (Å²) in [6.45, 7) is 13.4. The van der Waals surface area contributed by atoms with Gasteiger partial charge in [-0.05, 0) is 0 Å². The second kappa shape index (κ2) is 7.53. The molecule has 0 spiro atoms. The molecule has 0 heterocycles. The molecular formula is C12H30O4SiTi. The topological polar surface area (TPSA) is 36.9 Å². The Morgan fingerprint density at radius 1 is 0.667 bits per heavy atom. The Labute approximate surface area is 119 Å². The van der Waals surface area contributed by atoms with Gasteiger partial charge in [-0.2, -0.15) is 0 Å². The molecule has 0 N–H and O–H groups in total. The summed E-state index contributed by atoms with van der Waals surface area (Å²) in [5.74, 6) is 0. The minimum absolute atomic E-state index is 0.489. The minimum atomic E-state index is -3.54. The van der Waals surface area contributed by atoms with Gasteiger partial charge in [0.2, 0.25) is 0 Å². The Morgan fingerprint density at radius 3 is 1.11 bits per heavy atom. The van der Waals surface area contributed by atoms with E-state index in [0.717, 1.165) is 0 Å². The van der Waals surface area contributed by atoms with E-state index in [2.05, 4.69) is 41.5 Å². The SMILES string of the molecule is C[O][Ti]([O]C)([O]C)[O][Si](C(C)C)(C(C)C)C(C)C. The van der Waals surface area contributed by atoms with Crippen molar-refractivity contribution in [3.63, 3.8) is 0 Å². The van der Waals surface area contributed by atoms with E-state index in [4.69, 9.17) is 13.0 Å². The third-order valence-electron chi connectivity index (χ3n) is 3.76. The molecule has 6 heteroatoms. The Kier molecular flexibility index (Phi) is 7.85. The van der Waals surface area contributed by atoms with Gasteiger partial charge in [0, 0.05) is 0 Å². The molecule has 4 nitrogen and oxygen atoms in total. The van der Waals surface area contributed by atoms with Crippen molar-refractivity contribution >= 4 is 8.32 Å². The van der Waals surface area contributed by atoms with Crippen LogP contribution in [0, 0.1) is 0 Å². The Morgan fingerprint density at radius 2 is 0.944 bits per heavy atom. The van der Waals surface area contributed by atoms with Gasteiger partial charge in [-0.25, -0.2) is 0 Å². The van der Waals surface area contributed by atoms with Crippen LogP contribution in [0.1, 0.15) is 41.5 Å². The summed E-state index contributed by atoms with van der Waals surface area (Å²) in [5, 5.41) is 0. The van der Waals surface area contributed by atoms with Crippen LogP contribution in [-0.4, -0.2) is 29.6 Å². The summed E-state index contributed by atoms with van der Waals surface area (Å²) in [4.78, 5) is 0. The Bertz CT molecular complexity index is 212. The van der Waals surface area contributed by atoms with E-state index in [1.165, 1.54) is 0 Å². The first-order valence-corrected chi connectivity index (χ1v) is 11.3. The molecule has 0 aliphatic rings. The fraction of sp³-hybridized carbons (Fsp3) is 1.00. The standard InChI is InChI=1S/C9H21OSi.3CH3O.Ti/c1-7(2)11(10,8(3)4)9(5)6;3*1-2;/h7-9H,1-6H3;3*1H3;/q4*-1;+4. The van der Waals surface area contributed by atoms with Gasteiger partial charge in [0.05, 0.1) is 0 Å². The average molecular weight is 314 g/mol. The zero-order valence-electron chi connectivity index (χ0n) is 13.4. The maximum absolute atomic E-state index is 6.52. The van der Waals surface area contributed by atoms with Crippen LogP contribution in [0.2, 0.25) is 16.6 Å². The number of hydrogen-bond donors (Lipinski definition) is 0. The van der Waals surface area contributed by atoms with Gasteiger partial charge in [-0.1, -0.05) is 0 Å². The van der Waals surface area contributed by atoms with Crippen LogP contribution in [0.15, 0.2) is 0 Å². The van der Waals surface area contributed by atoms with Crippen molar-refractivity contribution in [1.82, 2.24) is 0 Å². The van der Waals surface area contributed by atoms with E-state index in [-0.39, 0.29) is 0 Å². The molecule has 0 aliphatic heterocycles. The van der Waals surface area contributed by atoms with Gasteiger partial charge in [0.1, 0.15) is 0 Å². The molecule has 0 radical (unpaired) electrons. The Hall–Kier alpha value is 0.771. The third-order valence-corrected chi connectivity index (χ3v) is 14.9. The van der Waals surface area contributed by atoms with Gasteiger partial charge in [-0.15, -0.1) is 0 Å². The van der Waals surface area contributed by atoms with Crippen LogP contribution in [-0.2, 0) is 31.1 Å². The molecule has 0 aromatic carbocycles. The molecule has 0 unspecified atom stereocenters. The maximum atomic E-state index is 6.52. The summed E-state index contributed by atoms with van der Waals surface area (Å²) >= 11 is -3.54. The van der Waals surface area contributed by atoms with Crippen LogP contribution in [0.5, 0.6) is 0 Å². The first kappa shape index (κ1) is 18.8. The van der Waals surface area contributed by atoms with Crippen molar-refractivity contribution in [1.29, 1.82) is 0 Å². The molecule has 0 amide bonds. The van der Waals surface area contributed by atoms with Gasteiger partial charge in [0.15, 0.2) is 0 Å². The van der Waals surface area contributed by atoms with E-state index in [1.54, 1.807) is 21.3 Å². The van der Waals surface area contributed by atoms with E-state index in [1.807, 2.05) is 0 Å². The molecule has 0 bridgehead atoms. The molecule has 0 aliphatic carbocycles. The third kappa shape index (κ3) is 3.66. The van der Waals surface area contributed by atoms with Crippen LogP contribution < -0.4 is 0 Å². The van der Waals surface area contributed by atoms with E-state index in [9.17, 15) is 0 Å². The predicted molar refractivity (Wildman–Crippen MR) is 73.2 cm³/mol. The molecule has 18 heavy (non-hydrogen) atoms. The molecule has 0 aromatic rings. The second-order valence-electron chi connectivity index (χ2n) is 5.53. The van der Waals surface area contributed by atoms with E-state index in [0.29, 0.717) is 16.6 Å². The summed E-state index contributed by atoms with van der Waals surface area (Å²) < 4.78 is 23.0. The number of rotatable bonds is 8. The average Bonchev–Trinajstić information content (AvgIpc) is 2.30. The molecule has 0 atom stereocenters. The molecule has 0 fully saturated rings. The van der Waals surface area contributed by atoms with Crippen molar-refractivity contribution in [2.24, 2.45) is 0 Å². The number of hydrogen-bond acceptors (Lipinski definition) is 4. The quantitative estimate of drug-likeness (QED) is 0.636. The fourth-order valence-electron chi connectivity index (χ4n) is 2.95. The van der Waals surface area contributed by atoms with Crippen LogP contribution in [0.4, 0.5) is 0 Å². The Balaban J connectivity index is 5.47. The van der Waals surface area contributed by atoms with Gasteiger partial charge < -0.3 is 0 Å². The van der Waals surface area contributed by atoms with Crippen molar-refractivity contribution in [2.45, 2.75) is 58.2 Å². The second-order valence-corrected chi connectivity index (χ2v) is 15.3. The first-order valence-electron chi connectivity index (χ1n) is 6.58. The fourth-order valence-corrected chi connectivity index (χ4v) is 15.6. The van der Waals surface area contributed by atoms with Crippen molar-refractivity contribution in [2.75, 3.05) is 21.3 Å². The van der Waals surface area contributed by atoms with Gasteiger partial charge >= 0.3 is 119 Å². The van der Waals surface area contributed by atoms with Crippen molar-refractivity contribution in [3.05, 3.63) is 0 Å². The summed E-state index contributed by atoms with van der Waals surface area (Å²) in [6, 6.07) is 0. The normalized spacial score (nSPS) is 14.0. The van der Waals surface area contributed by atoms with Gasteiger partial charge in [0.25, 0.3) is 0 Å². The zero-order chi connectivity index (χ0) is 14.6. The summed E-state index contributed by atoms with van der Waals surface area (Å²) in [7, 11) is 2.84. The molecule has 0 saturated heterocycles. The van der Waals surface area contributed by atoms with Crippen molar-refractivity contribution in [3.8, 4) is 0 Å². The molecule has 0 saturated carbocycles. The molecule has 0 rings (SSSR count). The van der Waals surface area contributed by atoms with Gasteiger partial charge in [-0.3, -0.25) is 0 Å². The van der Waals surface area contributed by atoms with E-state index < -0.39 is 26.5 Å². The molecule has 110 valence electrons. The van der Waals surface area contributed by atoms with Crippen molar-refractivity contribution < 1.29 is 31.1 Å². The summed E-state index contributed by atoms with van der Waals surface area (Å²) in [5.41, 5.74) is 1.47. The van der Waals surface area contributed by atoms with Crippen LogP contribution >= 0.6 is 0 Å². The summed E-state index contributed by atoms with van der Waals surface area (Å²) in [6.07, 6.45) is 0. The monoisotopic (exact) mass is 314 g/mol.